The average Bonchev–Trinajstić information content (AvgIpc) is 3.18. The van der Waals surface area contributed by atoms with Gasteiger partial charge in [-0.2, -0.15) is 5.10 Å². The van der Waals surface area contributed by atoms with Crippen molar-refractivity contribution in [1.29, 1.82) is 0 Å². The van der Waals surface area contributed by atoms with E-state index < -0.39 is 5.60 Å². The van der Waals surface area contributed by atoms with Crippen LogP contribution in [0, 0.1) is 23.7 Å². The SMILES string of the molecule is CN(c1c(Cl)c(C(=O)CC2C3CC4CC2CC(O)(C4)C3)nn1C)[C@H]1CCCN(C(=O)c2ccc(Cl)cc2)C1. The second-order valence-corrected chi connectivity index (χ2v) is 13.1. The Kier molecular flexibility index (Phi) is 6.76. The molecule has 1 N–H and O–H groups in total. The summed E-state index contributed by atoms with van der Waals surface area (Å²) in [5.74, 6) is 2.47. The van der Waals surface area contributed by atoms with E-state index >= 15 is 0 Å². The number of likely N-dealkylation sites (N-methyl/N-ethyl adjacent to an activating group) is 1. The van der Waals surface area contributed by atoms with E-state index in [1.165, 1.54) is 0 Å². The van der Waals surface area contributed by atoms with Gasteiger partial charge in [-0.3, -0.25) is 14.3 Å². The van der Waals surface area contributed by atoms with Gasteiger partial charge in [0.1, 0.15) is 16.5 Å². The second kappa shape index (κ2) is 9.83. The normalized spacial score (nSPS) is 32.0. The molecule has 4 saturated carbocycles. The van der Waals surface area contributed by atoms with Gasteiger partial charge in [0, 0.05) is 50.2 Å². The minimum atomic E-state index is -0.503. The number of hydrogen-bond donors (Lipinski definition) is 1. The quantitative estimate of drug-likeness (QED) is 0.491. The number of aliphatic hydroxyl groups is 1. The number of rotatable bonds is 6. The molecule has 7 nitrogen and oxygen atoms in total. The van der Waals surface area contributed by atoms with Crippen molar-refractivity contribution in [1.82, 2.24) is 14.7 Å². The molecule has 0 spiro atoms. The number of likely N-dealkylation sites (tertiary alicyclic amines) is 1. The number of ketones is 1. The fraction of sp³-hybridized carbons (Fsp3) is 0.621. The van der Waals surface area contributed by atoms with Gasteiger partial charge in [0.05, 0.1) is 5.60 Å². The molecular formula is C29H36Cl2N4O3. The van der Waals surface area contributed by atoms with Crippen molar-refractivity contribution in [3.63, 3.8) is 0 Å². The second-order valence-electron chi connectivity index (χ2n) is 12.3. The van der Waals surface area contributed by atoms with Crippen LogP contribution >= 0.6 is 23.2 Å². The molecule has 1 amide bonds. The van der Waals surface area contributed by atoms with Gasteiger partial charge in [0.25, 0.3) is 5.91 Å². The van der Waals surface area contributed by atoms with E-state index in [1.807, 2.05) is 19.0 Å². The Labute approximate surface area is 234 Å². The summed E-state index contributed by atoms with van der Waals surface area (Å²) >= 11 is 12.9. The van der Waals surface area contributed by atoms with Crippen molar-refractivity contribution in [3.8, 4) is 0 Å². The number of benzene rings is 1. The lowest BCUT2D eigenvalue weighted by Crippen LogP contribution is -2.54. The van der Waals surface area contributed by atoms with Gasteiger partial charge in [-0.1, -0.05) is 23.2 Å². The van der Waals surface area contributed by atoms with Gasteiger partial charge in [0.2, 0.25) is 0 Å². The number of anilines is 1. The number of piperidine rings is 1. The van der Waals surface area contributed by atoms with Crippen LogP contribution in [0.25, 0.3) is 0 Å². The molecule has 1 aliphatic heterocycles. The number of hydrogen-bond acceptors (Lipinski definition) is 5. The first kappa shape index (κ1) is 26.1. The number of nitrogens with zero attached hydrogens (tertiary/aromatic N) is 4. The van der Waals surface area contributed by atoms with Crippen LogP contribution in [0.2, 0.25) is 10.0 Å². The number of Topliss-reactive ketones (excluding diaryl/α,β-unsaturated/α-hetero) is 1. The van der Waals surface area contributed by atoms with E-state index in [-0.39, 0.29) is 17.7 Å². The Morgan fingerprint density at radius 1 is 1.13 bits per heavy atom. The number of halogens is 2. The average molecular weight is 560 g/mol. The van der Waals surface area contributed by atoms with Gasteiger partial charge >= 0.3 is 0 Å². The summed E-state index contributed by atoms with van der Waals surface area (Å²) in [6, 6.07) is 7.05. The highest BCUT2D eigenvalue weighted by Gasteiger charge is 2.55. The lowest BCUT2D eigenvalue weighted by molar-refractivity contribution is -0.151. The minimum absolute atomic E-state index is 0.00194. The minimum Gasteiger partial charge on any atom is -0.390 e. The molecule has 2 aromatic rings. The van der Waals surface area contributed by atoms with Crippen LogP contribution in [0.4, 0.5) is 5.82 Å². The molecule has 9 heteroatoms. The fourth-order valence-electron chi connectivity index (χ4n) is 8.18. The molecule has 38 heavy (non-hydrogen) atoms. The van der Waals surface area contributed by atoms with Crippen molar-refractivity contribution in [2.24, 2.45) is 30.7 Å². The molecule has 5 aliphatic rings. The van der Waals surface area contributed by atoms with E-state index in [1.54, 1.807) is 28.9 Å². The predicted octanol–water partition coefficient (Wildman–Crippen LogP) is 5.23. The zero-order chi connectivity index (χ0) is 26.8. The third kappa shape index (κ3) is 4.65. The Hall–Kier alpha value is -2.09. The number of amides is 1. The number of carbonyl (C=O) groups excluding carboxylic acids is 2. The van der Waals surface area contributed by atoms with E-state index in [0.29, 0.717) is 70.3 Å². The summed E-state index contributed by atoms with van der Waals surface area (Å²) in [4.78, 5) is 30.6. The van der Waals surface area contributed by atoms with Crippen molar-refractivity contribution < 1.29 is 14.7 Å². The highest BCUT2D eigenvalue weighted by Crippen LogP contribution is 2.59. The largest absolute Gasteiger partial charge is 0.390 e. The van der Waals surface area contributed by atoms with Crippen molar-refractivity contribution in [2.75, 3.05) is 25.0 Å². The maximum Gasteiger partial charge on any atom is 0.253 e. The smallest absolute Gasteiger partial charge is 0.253 e. The Balaban J connectivity index is 1.15. The first-order chi connectivity index (χ1) is 18.1. The van der Waals surface area contributed by atoms with Gasteiger partial charge in [0.15, 0.2) is 5.78 Å². The lowest BCUT2D eigenvalue weighted by Gasteiger charge is -2.58. The predicted molar refractivity (Wildman–Crippen MR) is 148 cm³/mol. The molecule has 4 aliphatic carbocycles. The number of aryl methyl sites for hydroxylation is 1. The summed E-state index contributed by atoms with van der Waals surface area (Å²) in [5, 5.41) is 16.5. The zero-order valence-corrected chi connectivity index (χ0v) is 23.6. The summed E-state index contributed by atoms with van der Waals surface area (Å²) in [6.07, 6.45) is 7.11. The third-order valence-corrected chi connectivity index (χ3v) is 10.3. The standard InChI is InChI=1S/C29H36Cl2N4O3/c1-33(22-4-3-9-35(16-22)28(37)18-5-7-21(30)8-6-18)27-25(31)26(32-34(27)2)24(36)12-23-19-10-17-11-20(23)15-29(38,13-17)14-19/h5-8,17,19-20,22-23,38H,3-4,9-16H2,1-2H3/t17?,19?,20?,22-,23?,29?/m0/s1. The summed E-state index contributed by atoms with van der Waals surface area (Å²) in [6.45, 7) is 1.27. The lowest BCUT2D eigenvalue weighted by atomic mass is 9.49. The van der Waals surface area contributed by atoms with Crippen LogP contribution in [-0.2, 0) is 7.05 Å². The van der Waals surface area contributed by atoms with Gasteiger partial charge in [-0.15, -0.1) is 0 Å². The molecule has 2 heterocycles. The highest BCUT2D eigenvalue weighted by molar-refractivity contribution is 6.36. The van der Waals surface area contributed by atoms with Crippen LogP contribution in [-0.4, -0.2) is 63.3 Å². The molecule has 2 unspecified atom stereocenters. The maximum absolute atomic E-state index is 13.5. The zero-order valence-electron chi connectivity index (χ0n) is 22.1. The van der Waals surface area contributed by atoms with Crippen LogP contribution in [0.15, 0.2) is 24.3 Å². The van der Waals surface area contributed by atoms with Crippen molar-refractivity contribution in [2.45, 2.75) is 63.0 Å². The van der Waals surface area contributed by atoms with Crippen molar-refractivity contribution in [3.05, 3.63) is 45.6 Å². The Morgan fingerprint density at radius 3 is 2.47 bits per heavy atom. The van der Waals surface area contributed by atoms with E-state index in [4.69, 9.17) is 23.2 Å². The first-order valence-corrected chi connectivity index (χ1v) is 14.6. The van der Waals surface area contributed by atoms with Gasteiger partial charge in [-0.25, -0.2) is 0 Å². The topological polar surface area (TPSA) is 78.7 Å². The van der Waals surface area contributed by atoms with Crippen LogP contribution < -0.4 is 4.90 Å². The summed E-state index contributed by atoms with van der Waals surface area (Å²) in [7, 11) is 3.79. The van der Waals surface area contributed by atoms with Crippen molar-refractivity contribution >= 4 is 40.7 Å². The molecule has 5 fully saturated rings. The van der Waals surface area contributed by atoms with Gasteiger partial charge < -0.3 is 14.9 Å². The molecule has 4 bridgehead atoms. The Bertz CT molecular complexity index is 1230. The molecule has 1 aromatic heterocycles. The summed E-state index contributed by atoms with van der Waals surface area (Å²) < 4.78 is 1.70. The van der Waals surface area contributed by atoms with E-state index in [9.17, 15) is 14.7 Å². The first-order valence-electron chi connectivity index (χ1n) is 13.9. The maximum atomic E-state index is 13.5. The van der Waals surface area contributed by atoms with Crippen LogP contribution in [0.3, 0.4) is 0 Å². The Morgan fingerprint density at radius 2 is 1.82 bits per heavy atom. The van der Waals surface area contributed by atoms with Gasteiger partial charge in [-0.05, 0) is 92.9 Å². The number of aromatic nitrogens is 2. The molecule has 7 rings (SSSR count). The van der Waals surface area contributed by atoms with E-state index in [2.05, 4.69) is 10.00 Å². The van der Waals surface area contributed by atoms with Crippen LogP contribution in [0.1, 0.15) is 72.2 Å². The van der Waals surface area contributed by atoms with E-state index in [0.717, 1.165) is 44.9 Å². The summed E-state index contributed by atoms with van der Waals surface area (Å²) in [5.41, 5.74) is 0.465. The molecule has 0 radical (unpaired) electrons. The third-order valence-electron chi connectivity index (χ3n) is 9.74. The highest BCUT2D eigenvalue weighted by atomic mass is 35.5. The monoisotopic (exact) mass is 558 g/mol. The number of carbonyl (C=O) groups is 2. The molecule has 1 saturated heterocycles. The molecule has 204 valence electrons. The molecular weight excluding hydrogens is 523 g/mol. The molecule has 3 atom stereocenters. The fourth-order valence-corrected chi connectivity index (χ4v) is 8.71. The molecule has 1 aromatic carbocycles. The van der Waals surface area contributed by atoms with Crippen LogP contribution in [0.5, 0.6) is 0 Å².